The van der Waals surface area contributed by atoms with Gasteiger partial charge in [-0.1, -0.05) is 68.4 Å². The number of hydrogen-bond donors (Lipinski definition) is 2. The van der Waals surface area contributed by atoms with E-state index in [2.05, 4.69) is 24.1 Å². The highest BCUT2D eigenvalue weighted by molar-refractivity contribution is 6.02. The summed E-state index contributed by atoms with van der Waals surface area (Å²) in [5, 5.41) is 14.3. The van der Waals surface area contributed by atoms with Gasteiger partial charge in [-0.3, -0.25) is 9.69 Å². The fourth-order valence-corrected chi connectivity index (χ4v) is 6.30. The van der Waals surface area contributed by atoms with Crippen molar-refractivity contribution in [1.29, 1.82) is 0 Å². The van der Waals surface area contributed by atoms with Gasteiger partial charge in [-0.25, -0.2) is 9.18 Å². The second-order valence-electron chi connectivity index (χ2n) is 12.1. The van der Waals surface area contributed by atoms with Crippen LogP contribution in [0.3, 0.4) is 0 Å². The predicted molar refractivity (Wildman–Crippen MR) is 175 cm³/mol. The summed E-state index contributed by atoms with van der Waals surface area (Å²) >= 11 is 0. The lowest BCUT2D eigenvalue weighted by molar-refractivity contribution is -0.139. The molecule has 1 amide bonds. The molecular weight excluding hydrogens is 571 g/mol. The Morgan fingerprint density at radius 1 is 1.00 bits per heavy atom. The van der Waals surface area contributed by atoms with Gasteiger partial charge >= 0.3 is 5.97 Å². The minimum atomic E-state index is -1.27. The SMILES string of the molecule is COc1cccc(OCCN2CC[C@@H](C(C)C)C2)c1-c1cccc2c(C[C@H](NC(=O)c3c(C)cccc3F)C(=O)O)cccc12. The number of hydrogen-bond acceptors (Lipinski definition) is 5. The molecule has 236 valence electrons. The maximum atomic E-state index is 14.5. The lowest BCUT2D eigenvalue weighted by Gasteiger charge is -2.21. The number of aryl methyl sites for hydroxylation is 1. The number of amides is 1. The third-order valence-electron chi connectivity index (χ3n) is 8.88. The minimum absolute atomic E-state index is 0.0118. The van der Waals surface area contributed by atoms with E-state index in [9.17, 15) is 19.1 Å². The summed E-state index contributed by atoms with van der Waals surface area (Å²) in [7, 11) is 1.63. The molecule has 2 N–H and O–H groups in total. The van der Waals surface area contributed by atoms with Crippen LogP contribution in [-0.2, 0) is 11.2 Å². The highest BCUT2D eigenvalue weighted by atomic mass is 19.1. The molecule has 0 radical (unpaired) electrons. The van der Waals surface area contributed by atoms with Gasteiger partial charge in [0.25, 0.3) is 5.91 Å². The fraction of sp³-hybridized carbons (Fsp3) is 0.351. The van der Waals surface area contributed by atoms with Gasteiger partial charge in [-0.15, -0.1) is 0 Å². The normalized spacial score (nSPS) is 15.7. The first-order chi connectivity index (χ1) is 21.7. The summed E-state index contributed by atoms with van der Waals surface area (Å²) in [6.07, 6.45) is 1.23. The van der Waals surface area contributed by atoms with Crippen molar-refractivity contribution < 1.29 is 28.6 Å². The number of rotatable bonds is 12. The smallest absolute Gasteiger partial charge is 0.326 e. The second-order valence-corrected chi connectivity index (χ2v) is 12.1. The van der Waals surface area contributed by atoms with Crippen LogP contribution < -0.4 is 14.8 Å². The van der Waals surface area contributed by atoms with Gasteiger partial charge in [0.2, 0.25) is 0 Å². The molecule has 1 heterocycles. The number of benzene rings is 4. The molecule has 1 aliphatic rings. The highest BCUT2D eigenvalue weighted by Gasteiger charge is 2.26. The third kappa shape index (κ3) is 7.12. The van der Waals surface area contributed by atoms with Crippen LogP contribution in [0.15, 0.2) is 72.8 Å². The number of carbonyl (C=O) groups excluding carboxylic acids is 1. The van der Waals surface area contributed by atoms with Crippen LogP contribution in [0, 0.1) is 24.6 Å². The molecule has 1 saturated heterocycles. The predicted octanol–water partition coefficient (Wildman–Crippen LogP) is 6.75. The van der Waals surface area contributed by atoms with Crippen LogP contribution in [0.5, 0.6) is 11.5 Å². The van der Waals surface area contributed by atoms with E-state index < -0.39 is 23.7 Å². The molecule has 45 heavy (non-hydrogen) atoms. The van der Waals surface area contributed by atoms with Crippen LogP contribution in [0.4, 0.5) is 4.39 Å². The molecule has 4 aromatic rings. The molecule has 0 saturated carbocycles. The molecule has 5 rings (SSSR count). The lowest BCUT2D eigenvalue weighted by Crippen LogP contribution is -2.42. The number of nitrogens with zero attached hydrogens (tertiary/aromatic N) is 1. The molecule has 7 nitrogen and oxygen atoms in total. The van der Waals surface area contributed by atoms with Crippen molar-refractivity contribution in [3.05, 3.63) is 95.3 Å². The molecule has 1 aliphatic heterocycles. The van der Waals surface area contributed by atoms with Crippen molar-refractivity contribution >= 4 is 22.6 Å². The Kier molecular flexibility index (Phi) is 10.0. The molecule has 0 unspecified atom stereocenters. The number of likely N-dealkylation sites (tertiary alicyclic amines) is 1. The molecule has 0 bridgehead atoms. The summed E-state index contributed by atoms with van der Waals surface area (Å²) in [4.78, 5) is 27.7. The first-order valence-electron chi connectivity index (χ1n) is 15.5. The number of carboxylic acids is 1. The van der Waals surface area contributed by atoms with Crippen LogP contribution in [0.2, 0.25) is 0 Å². The Hall–Kier alpha value is -4.43. The van der Waals surface area contributed by atoms with Crippen LogP contribution in [0.1, 0.15) is 41.8 Å². The Morgan fingerprint density at radius 3 is 2.42 bits per heavy atom. The first kappa shape index (κ1) is 32.0. The largest absolute Gasteiger partial charge is 0.496 e. The average molecular weight is 613 g/mol. The standard InChI is InChI=1S/C37H41FN2O5/c1-23(2)26-17-18-40(22-26)19-20-45-33-16-8-15-32(44-4)35(33)29-13-7-11-27-25(10-6-12-28(27)29)21-31(37(42)43)39-36(41)34-24(3)9-5-14-30(34)38/h5-16,23,26,31H,17-22H2,1-4H3,(H,39,41)(H,42,43)/t26-,31+/m1/s1. The van der Waals surface area contributed by atoms with E-state index in [0.29, 0.717) is 29.6 Å². The fourth-order valence-electron chi connectivity index (χ4n) is 6.30. The molecule has 1 fully saturated rings. The van der Waals surface area contributed by atoms with Gasteiger partial charge < -0.3 is 19.9 Å². The summed E-state index contributed by atoms with van der Waals surface area (Å²) in [5.74, 6) is 0.119. The Morgan fingerprint density at radius 2 is 1.71 bits per heavy atom. The monoisotopic (exact) mass is 612 g/mol. The number of fused-ring (bicyclic) bond motifs is 1. The van der Waals surface area contributed by atoms with Gasteiger partial charge in [0, 0.05) is 19.5 Å². The van der Waals surface area contributed by atoms with Gasteiger partial charge in [0.05, 0.1) is 18.2 Å². The first-order valence-corrected chi connectivity index (χ1v) is 15.5. The van der Waals surface area contributed by atoms with E-state index in [0.717, 1.165) is 53.0 Å². The van der Waals surface area contributed by atoms with E-state index in [1.54, 1.807) is 20.1 Å². The van der Waals surface area contributed by atoms with Crippen molar-refractivity contribution in [2.75, 3.05) is 33.4 Å². The van der Waals surface area contributed by atoms with E-state index in [-0.39, 0.29) is 12.0 Å². The number of halogens is 1. The van der Waals surface area contributed by atoms with Crippen molar-refractivity contribution in [3.8, 4) is 22.6 Å². The van der Waals surface area contributed by atoms with E-state index in [4.69, 9.17) is 9.47 Å². The van der Waals surface area contributed by atoms with Crippen LogP contribution in [-0.4, -0.2) is 61.3 Å². The Bertz CT molecular complexity index is 1670. The second kappa shape index (κ2) is 14.1. The third-order valence-corrected chi connectivity index (χ3v) is 8.88. The number of carbonyl (C=O) groups is 2. The Labute approximate surface area is 264 Å². The molecule has 4 aromatic carbocycles. The minimum Gasteiger partial charge on any atom is -0.496 e. The van der Waals surface area contributed by atoms with Gasteiger partial charge in [0.1, 0.15) is 30.0 Å². The Balaban J connectivity index is 1.42. The molecule has 2 atom stereocenters. The zero-order valence-electron chi connectivity index (χ0n) is 26.3. The zero-order valence-corrected chi connectivity index (χ0v) is 26.3. The van der Waals surface area contributed by atoms with E-state index in [1.165, 1.54) is 18.6 Å². The summed E-state index contributed by atoms with van der Waals surface area (Å²) in [6.45, 7) is 9.75. The van der Waals surface area contributed by atoms with Crippen LogP contribution >= 0.6 is 0 Å². The van der Waals surface area contributed by atoms with E-state index in [1.807, 2.05) is 54.6 Å². The van der Waals surface area contributed by atoms with Gasteiger partial charge in [0.15, 0.2) is 0 Å². The number of carboxylic acid groups (broad SMARTS) is 1. The van der Waals surface area contributed by atoms with Gasteiger partial charge in [-0.2, -0.15) is 0 Å². The average Bonchev–Trinajstić information content (AvgIpc) is 3.50. The maximum Gasteiger partial charge on any atom is 0.326 e. The van der Waals surface area contributed by atoms with Crippen molar-refractivity contribution in [3.63, 3.8) is 0 Å². The van der Waals surface area contributed by atoms with E-state index >= 15 is 0 Å². The highest BCUT2D eigenvalue weighted by Crippen LogP contribution is 2.42. The van der Waals surface area contributed by atoms with Crippen molar-refractivity contribution in [2.45, 2.75) is 39.7 Å². The number of ether oxygens (including phenoxy) is 2. The number of methoxy groups -OCH3 is 1. The zero-order chi connectivity index (χ0) is 32.1. The summed E-state index contributed by atoms with van der Waals surface area (Å²) < 4.78 is 26.6. The summed E-state index contributed by atoms with van der Waals surface area (Å²) in [5.41, 5.74) is 2.72. The molecule has 0 spiro atoms. The molecule has 0 aromatic heterocycles. The molecule has 0 aliphatic carbocycles. The summed E-state index contributed by atoms with van der Waals surface area (Å²) in [6, 6.07) is 20.4. The maximum absolute atomic E-state index is 14.5. The van der Waals surface area contributed by atoms with Gasteiger partial charge in [-0.05, 0) is 77.4 Å². The van der Waals surface area contributed by atoms with Crippen molar-refractivity contribution in [2.24, 2.45) is 11.8 Å². The lowest BCUT2D eigenvalue weighted by atomic mass is 9.92. The van der Waals surface area contributed by atoms with Crippen molar-refractivity contribution in [1.82, 2.24) is 10.2 Å². The topological polar surface area (TPSA) is 88.1 Å². The number of aliphatic carboxylic acids is 1. The molecule has 8 heteroatoms. The number of nitrogens with one attached hydrogen (secondary N) is 1. The van der Waals surface area contributed by atoms with Crippen LogP contribution in [0.25, 0.3) is 21.9 Å². The quantitative estimate of drug-likeness (QED) is 0.184. The molecular formula is C37H41FN2O5.